The predicted octanol–water partition coefficient (Wildman–Crippen LogP) is 3.59. The van der Waals surface area contributed by atoms with E-state index in [2.05, 4.69) is 31.5 Å². The molecule has 1 heterocycles. The first kappa shape index (κ1) is 11.3. The van der Waals surface area contributed by atoms with Gasteiger partial charge in [-0.3, -0.25) is 0 Å². The second-order valence-electron chi connectivity index (χ2n) is 4.26. The second-order valence-corrected chi connectivity index (χ2v) is 5.17. The molecule has 0 amide bonds. The van der Waals surface area contributed by atoms with Gasteiger partial charge < -0.3 is 10.3 Å². The van der Waals surface area contributed by atoms with Gasteiger partial charge in [0, 0.05) is 22.8 Å². The molecule has 2 N–H and O–H groups in total. The van der Waals surface area contributed by atoms with E-state index in [1.54, 1.807) is 0 Å². The van der Waals surface area contributed by atoms with Gasteiger partial charge in [0.15, 0.2) is 0 Å². The molecule has 0 spiro atoms. The highest BCUT2D eigenvalue weighted by Gasteiger charge is 2.10. The summed E-state index contributed by atoms with van der Waals surface area (Å²) >= 11 is 3.46. The number of nitrogens with zero attached hydrogens (tertiary/aromatic N) is 2. The van der Waals surface area contributed by atoms with Crippen LogP contribution < -0.4 is 5.73 Å². The zero-order chi connectivity index (χ0) is 12.7. The van der Waals surface area contributed by atoms with E-state index in [1.165, 1.54) is 0 Å². The maximum absolute atomic E-state index is 5.87. The average molecular weight is 302 g/mol. The van der Waals surface area contributed by atoms with Crippen molar-refractivity contribution in [3.8, 4) is 11.4 Å². The lowest BCUT2D eigenvalue weighted by molar-refractivity contribution is 0.959. The molecule has 2 aromatic carbocycles. The highest BCUT2D eigenvalue weighted by Crippen LogP contribution is 2.27. The van der Waals surface area contributed by atoms with Gasteiger partial charge in [0.05, 0.1) is 11.0 Å². The van der Waals surface area contributed by atoms with E-state index < -0.39 is 0 Å². The van der Waals surface area contributed by atoms with Crippen molar-refractivity contribution in [3.63, 3.8) is 0 Å². The lowest BCUT2D eigenvalue weighted by Crippen LogP contribution is -1.94. The monoisotopic (exact) mass is 301 g/mol. The van der Waals surface area contributed by atoms with Crippen LogP contribution in [-0.4, -0.2) is 9.55 Å². The van der Waals surface area contributed by atoms with E-state index in [4.69, 9.17) is 5.73 Å². The number of benzene rings is 2. The second kappa shape index (κ2) is 4.14. The summed E-state index contributed by atoms with van der Waals surface area (Å²) in [4.78, 5) is 4.65. The fraction of sp³-hybridized carbons (Fsp3) is 0.0714. The maximum atomic E-state index is 5.87. The van der Waals surface area contributed by atoms with E-state index in [9.17, 15) is 0 Å². The van der Waals surface area contributed by atoms with Crippen molar-refractivity contribution in [2.75, 3.05) is 5.73 Å². The Morgan fingerprint density at radius 2 is 1.94 bits per heavy atom. The van der Waals surface area contributed by atoms with Crippen molar-refractivity contribution in [3.05, 3.63) is 46.9 Å². The molecule has 0 atom stereocenters. The Morgan fingerprint density at radius 1 is 1.17 bits per heavy atom. The summed E-state index contributed by atoms with van der Waals surface area (Å²) in [5.41, 5.74) is 9.73. The molecule has 3 aromatic rings. The summed E-state index contributed by atoms with van der Waals surface area (Å²) in [6, 6.07) is 13.9. The number of para-hydroxylation sites is 2. The van der Waals surface area contributed by atoms with Crippen LogP contribution in [0.4, 0.5) is 5.69 Å². The quantitative estimate of drug-likeness (QED) is 0.698. The number of aromatic nitrogens is 2. The Morgan fingerprint density at radius 3 is 2.67 bits per heavy atom. The zero-order valence-corrected chi connectivity index (χ0v) is 11.5. The van der Waals surface area contributed by atoms with Gasteiger partial charge >= 0.3 is 0 Å². The summed E-state index contributed by atoms with van der Waals surface area (Å²) in [7, 11) is 2.02. The van der Waals surface area contributed by atoms with E-state index >= 15 is 0 Å². The van der Waals surface area contributed by atoms with Crippen LogP contribution in [0.25, 0.3) is 22.4 Å². The lowest BCUT2D eigenvalue weighted by atomic mass is 10.2. The van der Waals surface area contributed by atoms with Gasteiger partial charge in [-0.05, 0) is 30.3 Å². The van der Waals surface area contributed by atoms with Crippen LogP contribution in [0.2, 0.25) is 0 Å². The normalized spacial score (nSPS) is 11.0. The molecule has 90 valence electrons. The number of nitrogen functional groups attached to an aromatic ring is 1. The maximum Gasteiger partial charge on any atom is 0.140 e. The summed E-state index contributed by atoms with van der Waals surface area (Å²) in [5, 5.41) is 0. The number of aryl methyl sites for hydroxylation is 1. The first-order valence-corrected chi connectivity index (χ1v) is 6.42. The fourth-order valence-electron chi connectivity index (χ4n) is 2.15. The Kier molecular flexibility index (Phi) is 2.59. The molecule has 4 heteroatoms. The third kappa shape index (κ3) is 1.78. The number of fused-ring (bicyclic) bond motifs is 1. The number of anilines is 1. The number of nitrogens with two attached hydrogens (primary N) is 1. The van der Waals surface area contributed by atoms with Crippen LogP contribution in [0.15, 0.2) is 46.9 Å². The summed E-state index contributed by atoms with van der Waals surface area (Å²) in [5.74, 6) is 0.921. The zero-order valence-electron chi connectivity index (χ0n) is 9.89. The molecule has 0 unspecified atom stereocenters. The molecular formula is C14H12BrN3. The minimum atomic E-state index is 0.728. The minimum Gasteiger partial charge on any atom is -0.399 e. The number of imidazole rings is 1. The Balaban J connectivity index is 2.28. The van der Waals surface area contributed by atoms with Crippen LogP contribution in [0.3, 0.4) is 0 Å². The van der Waals surface area contributed by atoms with Crippen LogP contribution in [-0.2, 0) is 7.05 Å². The first-order chi connectivity index (χ1) is 8.65. The summed E-state index contributed by atoms with van der Waals surface area (Å²) < 4.78 is 3.04. The number of hydrogen-bond donors (Lipinski definition) is 1. The van der Waals surface area contributed by atoms with Gasteiger partial charge in [0.25, 0.3) is 0 Å². The topological polar surface area (TPSA) is 43.8 Å². The molecule has 0 fully saturated rings. The average Bonchev–Trinajstić information content (AvgIpc) is 2.66. The summed E-state index contributed by atoms with van der Waals surface area (Å²) in [6.45, 7) is 0. The van der Waals surface area contributed by atoms with Gasteiger partial charge in [-0.2, -0.15) is 0 Å². The molecule has 0 aliphatic rings. The van der Waals surface area contributed by atoms with Crippen LogP contribution in [0.1, 0.15) is 0 Å². The van der Waals surface area contributed by atoms with Gasteiger partial charge in [0.1, 0.15) is 5.82 Å². The standard InChI is InChI=1S/C14H12BrN3/c1-18-13-5-3-2-4-12(13)17-14(18)9-6-10(15)8-11(16)7-9/h2-8H,16H2,1H3. The van der Waals surface area contributed by atoms with Gasteiger partial charge in [-0.25, -0.2) is 4.98 Å². The molecule has 0 saturated heterocycles. The van der Waals surface area contributed by atoms with Gasteiger partial charge in [-0.15, -0.1) is 0 Å². The van der Waals surface area contributed by atoms with Crippen molar-refractivity contribution in [2.24, 2.45) is 7.05 Å². The molecule has 0 bridgehead atoms. The number of rotatable bonds is 1. The number of hydrogen-bond acceptors (Lipinski definition) is 2. The Labute approximate surface area is 113 Å². The SMILES string of the molecule is Cn1c(-c2cc(N)cc(Br)c2)nc2ccccc21. The van der Waals surface area contributed by atoms with Crippen LogP contribution in [0, 0.1) is 0 Å². The van der Waals surface area contributed by atoms with Gasteiger partial charge in [-0.1, -0.05) is 28.1 Å². The van der Waals surface area contributed by atoms with E-state index in [1.807, 2.05) is 43.4 Å². The smallest absolute Gasteiger partial charge is 0.140 e. The molecule has 0 saturated carbocycles. The third-order valence-electron chi connectivity index (χ3n) is 2.97. The highest BCUT2D eigenvalue weighted by atomic mass is 79.9. The Hall–Kier alpha value is -1.81. The van der Waals surface area contributed by atoms with Crippen molar-refractivity contribution in [2.45, 2.75) is 0 Å². The van der Waals surface area contributed by atoms with Crippen LogP contribution >= 0.6 is 15.9 Å². The van der Waals surface area contributed by atoms with Crippen LogP contribution in [0.5, 0.6) is 0 Å². The molecule has 3 nitrogen and oxygen atoms in total. The molecule has 0 radical (unpaired) electrons. The van der Waals surface area contributed by atoms with E-state index in [-0.39, 0.29) is 0 Å². The predicted molar refractivity (Wildman–Crippen MR) is 78.3 cm³/mol. The molecule has 1 aromatic heterocycles. The molecule has 3 rings (SSSR count). The van der Waals surface area contributed by atoms with E-state index in [0.29, 0.717) is 0 Å². The highest BCUT2D eigenvalue weighted by molar-refractivity contribution is 9.10. The fourth-order valence-corrected chi connectivity index (χ4v) is 2.66. The van der Waals surface area contributed by atoms with Crippen molar-refractivity contribution in [1.82, 2.24) is 9.55 Å². The molecule has 18 heavy (non-hydrogen) atoms. The lowest BCUT2D eigenvalue weighted by Gasteiger charge is -2.04. The van der Waals surface area contributed by atoms with Crippen molar-refractivity contribution >= 4 is 32.7 Å². The molecular weight excluding hydrogens is 290 g/mol. The number of halogens is 1. The van der Waals surface area contributed by atoms with Crippen molar-refractivity contribution < 1.29 is 0 Å². The van der Waals surface area contributed by atoms with Crippen molar-refractivity contribution in [1.29, 1.82) is 0 Å². The Bertz CT molecular complexity index is 711. The summed E-state index contributed by atoms with van der Waals surface area (Å²) in [6.07, 6.45) is 0. The molecule has 0 aliphatic carbocycles. The van der Waals surface area contributed by atoms with Gasteiger partial charge in [0.2, 0.25) is 0 Å². The third-order valence-corrected chi connectivity index (χ3v) is 3.42. The van der Waals surface area contributed by atoms with E-state index in [0.717, 1.165) is 32.6 Å². The minimum absolute atomic E-state index is 0.728. The largest absolute Gasteiger partial charge is 0.399 e. The molecule has 0 aliphatic heterocycles. The first-order valence-electron chi connectivity index (χ1n) is 5.63.